The zero-order valence-corrected chi connectivity index (χ0v) is 13.3. The smallest absolute Gasteiger partial charge is 0.331 e. The average molecular weight is 373 g/mol. The van der Waals surface area contributed by atoms with Gasteiger partial charge in [-0.15, -0.1) is 0 Å². The van der Waals surface area contributed by atoms with Gasteiger partial charge in [-0.3, -0.25) is 10.1 Å². The summed E-state index contributed by atoms with van der Waals surface area (Å²) < 4.78 is 6.13. The number of hydrogen-bond acceptors (Lipinski definition) is 5. The van der Waals surface area contributed by atoms with E-state index in [4.69, 9.17) is 16.3 Å². The molecule has 0 radical (unpaired) electrons. The number of benzene rings is 1. The normalized spacial score (nSPS) is 10.2. The van der Waals surface area contributed by atoms with Gasteiger partial charge in [-0.05, 0) is 47.1 Å². The first-order valence-electron chi connectivity index (χ1n) is 6.03. The second-order valence-electron chi connectivity index (χ2n) is 3.99. The maximum Gasteiger partial charge on any atom is 0.331 e. The third-order valence-corrected chi connectivity index (χ3v) is 3.35. The summed E-state index contributed by atoms with van der Waals surface area (Å²) in [6.45, 7) is 2.55. The number of anilines is 1. The molecule has 0 aliphatic heterocycles. The van der Waals surface area contributed by atoms with Gasteiger partial charge in [0, 0.05) is 17.6 Å². The van der Waals surface area contributed by atoms with Crippen LogP contribution in [0.5, 0.6) is 11.6 Å². The minimum atomic E-state index is -0.540. The number of hydrogen-bond donors (Lipinski definition) is 1. The standard InChI is InChI=1S/C13H11BrClN3O3/c1-2-16-12-6-4-10(18(19)20)13(17-12)21-11-5-3-8(15)7-9(11)14/h3-7H,2H2,1H3,(H,16,17). The fourth-order valence-corrected chi connectivity index (χ4v) is 2.35. The monoisotopic (exact) mass is 371 g/mol. The Bertz CT molecular complexity index is 682. The largest absolute Gasteiger partial charge is 0.432 e. The van der Waals surface area contributed by atoms with Crippen molar-refractivity contribution in [1.29, 1.82) is 0 Å². The molecule has 0 amide bonds. The fraction of sp³-hybridized carbons (Fsp3) is 0.154. The van der Waals surface area contributed by atoms with Crippen molar-refractivity contribution < 1.29 is 9.66 Å². The van der Waals surface area contributed by atoms with E-state index < -0.39 is 4.92 Å². The Labute approximate surface area is 134 Å². The number of halogens is 2. The Balaban J connectivity index is 2.40. The molecule has 0 unspecified atom stereocenters. The second kappa shape index (κ2) is 6.73. The summed E-state index contributed by atoms with van der Waals surface area (Å²) in [7, 11) is 0. The first kappa shape index (κ1) is 15.5. The molecule has 2 rings (SSSR count). The van der Waals surface area contributed by atoms with E-state index in [1.54, 1.807) is 18.2 Å². The van der Waals surface area contributed by atoms with Crippen molar-refractivity contribution >= 4 is 39.0 Å². The van der Waals surface area contributed by atoms with E-state index in [1.165, 1.54) is 12.1 Å². The zero-order valence-electron chi connectivity index (χ0n) is 11.0. The summed E-state index contributed by atoms with van der Waals surface area (Å²) >= 11 is 9.14. The van der Waals surface area contributed by atoms with Crippen LogP contribution in [0.1, 0.15) is 6.92 Å². The molecule has 1 aromatic heterocycles. The lowest BCUT2D eigenvalue weighted by atomic mass is 10.3. The highest BCUT2D eigenvalue weighted by molar-refractivity contribution is 9.10. The van der Waals surface area contributed by atoms with Gasteiger partial charge in [-0.1, -0.05) is 11.6 Å². The Morgan fingerprint density at radius 3 is 2.81 bits per heavy atom. The van der Waals surface area contributed by atoms with Crippen molar-refractivity contribution in [3.05, 3.63) is 49.9 Å². The lowest BCUT2D eigenvalue weighted by molar-refractivity contribution is -0.386. The van der Waals surface area contributed by atoms with Crippen LogP contribution in [0.15, 0.2) is 34.8 Å². The molecule has 110 valence electrons. The van der Waals surface area contributed by atoms with E-state index in [9.17, 15) is 10.1 Å². The summed E-state index contributed by atoms with van der Waals surface area (Å²) in [4.78, 5) is 14.6. The fourth-order valence-electron chi connectivity index (χ4n) is 1.59. The maximum atomic E-state index is 11.1. The molecule has 1 aromatic carbocycles. The number of nitro groups is 1. The lowest BCUT2D eigenvalue weighted by Crippen LogP contribution is -2.02. The van der Waals surface area contributed by atoms with Crippen LogP contribution in [0.25, 0.3) is 0 Å². The third kappa shape index (κ3) is 3.83. The topological polar surface area (TPSA) is 77.3 Å². The molecule has 1 N–H and O–H groups in total. The van der Waals surface area contributed by atoms with Crippen LogP contribution in [0.3, 0.4) is 0 Å². The van der Waals surface area contributed by atoms with Crippen LogP contribution in [0.2, 0.25) is 5.02 Å². The minimum absolute atomic E-state index is 0.0820. The zero-order chi connectivity index (χ0) is 15.4. The Morgan fingerprint density at radius 1 is 1.43 bits per heavy atom. The molecule has 0 bridgehead atoms. The van der Waals surface area contributed by atoms with Gasteiger partial charge in [0.25, 0.3) is 0 Å². The highest BCUT2D eigenvalue weighted by Crippen LogP contribution is 2.35. The molecule has 6 nitrogen and oxygen atoms in total. The maximum absolute atomic E-state index is 11.1. The van der Waals surface area contributed by atoms with Gasteiger partial charge in [0.1, 0.15) is 11.6 Å². The molecule has 0 saturated heterocycles. The van der Waals surface area contributed by atoms with E-state index in [0.717, 1.165) is 0 Å². The van der Waals surface area contributed by atoms with Crippen molar-refractivity contribution in [2.45, 2.75) is 6.92 Å². The first-order valence-corrected chi connectivity index (χ1v) is 7.20. The SMILES string of the molecule is CCNc1ccc([N+](=O)[O-])c(Oc2ccc(Cl)cc2Br)n1. The lowest BCUT2D eigenvalue weighted by Gasteiger charge is -2.09. The number of nitrogens with zero attached hydrogens (tertiary/aromatic N) is 2. The average Bonchev–Trinajstić information content (AvgIpc) is 2.42. The van der Waals surface area contributed by atoms with Gasteiger partial charge < -0.3 is 10.1 Å². The Hall–Kier alpha value is -1.86. The predicted octanol–water partition coefficient (Wildman–Crippen LogP) is 4.63. The summed E-state index contributed by atoms with van der Waals surface area (Å²) in [6, 6.07) is 7.76. The van der Waals surface area contributed by atoms with Crippen LogP contribution in [0.4, 0.5) is 11.5 Å². The summed E-state index contributed by atoms with van der Waals surface area (Å²) in [5.74, 6) is 0.813. The van der Waals surface area contributed by atoms with Crippen LogP contribution < -0.4 is 10.1 Å². The van der Waals surface area contributed by atoms with Crippen LogP contribution >= 0.6 is 27.5 Å². The predicted molar refractivity (Wildman–Crippen MR) is 84.3 cm³/mol. The van der Waals surface area contributed by atoms with Crippen molar-refractivity contribution in [3.8, 4) is 11.6 Å². The molecule has 2 aromatic rings. The number of ether oxygens (including phenoxy) is 1. The number of pyridine rings is 1. The minimum Gasteiger partial charge on any atom is -0.432 e. The van der Waals surface area contributed by atoms with Crippen molar-refractivity contribution in [2.75, 3.05) is 11.9 Å². The van der Waals surface area contributed by atoms with Gasteiger partial charge in [-0.25, -0.2) is 0 Å². The summed E-state index contributed by atoms with van der Waals surface area (Å²) in [5.41, 5.74) is -0.210. The molecule has 21 heavy (non-hydrogen) atoms. The van der Waals surface area contributed by atoms with E-state index in [1.807, 2.05) is 6.92 Å². The number of nitrogens with one attached hydrogen (secondary N) is 1. The van der Waals surface area contributed by atoms with Gasteiger partial charge in [0.15, 0.2) is 0 Å². The molecule has 0 saturated carbocycles. The first-order chi connectivity index (χ1) is 10.0. The van der Waals surface area contributed by atoms with Crippen molar-refractivity contribution in [2.24, 2.45) is 0 Å². The highest BCUT2D eigenvalue weighted by Gasteiger charge is 2.19. The quantitative estimate of drug-likeness (QED) is 0.611. The summed E-state index contributed by atoms with van der Waals surface area (Å²) in [5, 5.41) is 14.6. The van der Waals surface area contributed by atoms with Gasteiger partial charge in [-0.2, -0.15) is 4.98 Å². The summed E-state index contributed by atoms with van der Waals surface area (Å²) in [6.07, 6.45) is 0. The molecule has 0 atom stereocenters. The van der Waals surface area contributed by atoms with Gasteiger partial charge in [0.2, 0.25) is 0 Å². The Morgan fingerprint density at radius 2 is 2.19 bits per heavy atom. The third-order valence-electron chi connectivity index (χ3n) is 2.50. The molecule has 0 fully saturated rings. The molecule has 0 spiro atoms. The molecule has 1 heterocycles. The van der Waals surface area contributed by atoms with Crippen molar-refractivity contribution in [3.63, 3.8) is 0 Å². The molecule has 8 heteroatoms. The molecule has 0 aliphatic rings. The number of rotatable bonds is 5. The van der Waals surface area contributed by atoms with Crippen LogP contribution in [-0.2, 0) is 0 Å². The van der Waals surface area contributed by atoms with Gasteiger partial charge in [0.05, 0.1) is 9.40 Å². The van der Waals surface area contributed by atoms with Crippen LogP contribution in [0, 0.1) is 10.1 Å². The molecular formula is C13H11BrClN3O3. The Kier molecular flexibility index (Phi) is 4.98. The van der Waals surface area contributed by atoms with Crippen molar-refractivity contribution in [1.82, 2.24) is 4.98 Å². The van der Waals surface area contributed by atoms with E-state index in [2.05, 4.69) is 26.2 Å². The number of aromatic nitrogens is 1. The molecule has 0 aliphatic carbocycles. The van der Waals surface area contributed by atoms with E-state index >= 15 is 0 Å². The van der Waals surface area contributed by atoms with E-state index in [0.29, 0.717) is 27.6 Å². The highest BCUT2D eigenvalue weighted by atomic mass is 79.9. The van der Waals surface area contributed by atoms with E-state index in [-0.39, 0.29) is 11.6 Å². The molecular weight excluding hydrogens is 362 g/mol. The van der Waals surface area contributed by atoms with Gasteiger partial charge >= 0.3 is 11.6 Å². The van der Waals surface area contributed by atoms with Crippen LogP contribution in [-0.4, -0.2) is 16.5 Å². The second-order valence-corrected chi connectivity index (χ2v) is 5.28.